The van der Waals surface area contributed by atoms with Crippen molar-refractivity contribution in [3.63, 3.8) is 0 Å². The molecule has 0 aliphatic carbocycles. The standard InChI is InChI=1S/C34H70OSi/c1-6-9-11-13-15-16-17-18-19-20-21-23-25-27-30-34(31-28-32-36(4,5)35-34)33(8-3)29-26-24-22-14-12-10-7-2/h33H,6-32H2,1-5H3. The van der Waals surface area contributed by atoms with Crippen LogP contribution < -0.4 is 0 Å². The minimum absolute atomic E-state index is 0.224. The van der Waals surface area contributed by atoms with Crippen LogP contribution in [0.3, 0.4) is 0 Å². The van der Waals surface area contributed by atoms with E-state index in [4.69, 9.17) is 4.43 Å². The van der Waals surface area contributed by atoms with E-state index in [2.05, 4.69) is 33.9 Å². The molecule has 0 saturated carbocycles. The molecule has 1 aliphatic heterocycles. The molecule has 1 fully saturated rings. The molecule has 0 aromatic heterocycles. The molecule has 2 heteroatoms. The molecular weight excluding hydrogens is 452 g/mol. The molecule has 1 rings (SSSR count). The molecule has 1 heterocycles. The first kappa shape index (κ1) is 34.2. The van der Waals surface area contributed by atoms with Crippen molar-refractivity contribution in [3.05, 3.63) is 0 Å². The fourth-order valence-corrected chi connectivity index (χ4v) is 9.54. The van der Waals surface area contributed by atoms with Gasteiger partial charge in [0.05, 0.1) is 5.60 Å². The van der Waals surface area contributed by atoms with E-state index in [1.165, 1.54) is 173 Å². The molecule has 0 radical (unpaired) electrons. The molecule has 0 N–H and O–H groups in total. The first-order valence-corrected chi connectivity index (χ1v) is 20.3. The molecule has 0 aromatic carbocycles. The van der Waals surface area contributed by atoms with Gasteiger partial charge in [-0.2, -0.15) is 0 Å². The van der Waals surface area contributed by atoms with Crippen molar-refractivity contribution in [2.24, 2.45) is 5.92 Å². The second-order valence-corrected chi connectivity index (χ2v) is 17.4. The van der Waals surface area contributed by atoms with Crippen LogP contribution in [0.15, 0.2) is 0 Å². The van der Waals surface area contributed by atoms with Crippen molar-refractivity contribution in [2.45, 2.75) is 212 Å². The van der Waals surface area contributed by atoms with Gasteiger partial charge in [0.15, 0.2) is 8.32 Å². The maximum Gasteiger partial charge on any atom is 0.187 e. The quantitative estimate of drug-likeness (QED) is 0.0855. The van der Waals surface area contributed by atoms with Gasteiger partial charge in [0.2, 0.25) is 0 Å². The van der Waals surface area contributed by atoms with Crippen molar-refractivity contribution in [1.29, 1.82) is 0 Å². The number of unbranched alkanes of at least 4 members (excludes halogenated alkanes) is 19. The number of rotatable bonds is 25. The molecule has 36 heavy (non-hydrogen) atoms. The Bertz CT molecular complexity index is 476. The average Bonchev–Trinajstić information content (AvgIpc) is 2.85. The van der Waals surface area contributed by atoms with Crippen LogP contribution in [0.5, 0.6) is 0 Å². The molecule has 2 unspecified atom stereocenters. The monoisotopic (exact) mass is 523 g/mol. The first-order valence-electron chi connectivity index (χ1n) is 17.2. The highest BCUT2D eigenvalue weighted by Crippen LogP contribution is 2.45. The van der Waals surface area contributed by atoms with Gasteiger partial charge in [-0.1, -0.05) is 168 Å². The summed E-state index contributed by atoms with van der Waals surface area (Å²) in [5.41, 5.74) is 0.224. The second kappa shape index (κ2) is 22.0. The van der Waals surface area contributed by atoms with Gasteiger partial charge in [-0.05, 0) is 44.3 Å². The Hall–Kier alpha value is 0.177. The van der Waals surface area contributed by atoms with Gasteiger partial charge in [0.25, 0.3) is 0 Å². The summed E-state index contributed by atoms with van der Waals surface area (Å²) in [5.74, 6) is 0.794. The molecule has 0 aromatic rings. The van der Waals surface area contributed by atoms with Crippen molar-refractivity contribution in [1.82, 2.24) is 0 Å². The van der Waals surface area contributed by atoms with Crippen molar-refractivity contribution < 1.29 is 4.43 Å². The summed E-state index contributed by atoms with van der Waals surface area (Å²) in [4.78, 5) is 0. The van der Waals surface area contributed by atoms with E-state index in [1.54, 1.807) is 0 Å². The Kier molecular flexibility index (Phi) is 20.9. The Morgan fingerprint density at radius 1 is 0.583 bits per heavy atom. The van der Waals surface area contributed by atoms with Gasteiger partial charge in [-0.25, -0.2) is 0 Å². The third-order valence-electron chi connectivity index (χ3n) is 9.20. The van der Waals surface area contributed by atoms with Crippen LogP contribution in [-0.4, -0.2) is 13.9 Å². The van der Waals surface area contributed by atoms with E-state index in [9.17, 15) is 0 Å². The Labute approximate surface area is 230 Å². The molecule has 0 spiro atoms. The maximum atomic E-state index is 7.18. The topological polar surface area (TPSA) is 9.23 Å². The van der Waals surface area contributed by atoms with Gasteiger partial charge in [-0.3, -0.25) is 0 Å². The molecular formula is C34H70OSi. The SMILES string of the molecule is CCCCCCCCCCCCCCCCC1(C(CC)CCCCCCCCC)CCC[Si](C)(C)O1. The van der Waals surface area contributed by atoms with Crippen LogP contribution in [-0.2, 0) is 4.43 Å². The molecule has 1 aliphatic rings. The molecule has 216 valence electrons. The van der Waals surface area contributed by atoms with E-state index >= 15 is 0 Å². The average molecular weight is 523 g/mol. The summed E-state index contributed by atoms with van der Waals surface area (Å²) in [6.45, 7) is 12.1. The lowest BCUT2D eigenvalue weighted by Gasteiger charge is -2.50. The van der Waals surface area contributed by atoms with Crippen LogP contribution >= 0.6 is 0 Å². The summed E-state index contributed by atoms with van der Waals surface area (Å²) in [6.07, 6.45) is 37.1. The van der Waals surface area contributed by atoms with Gasteiger partial charge >= 0.3 is 0 Å². The van der Waals surface area contributed by atoms with Gasteiger partial charge in [0.1, 0.15) is 0 Å². The van der Waals surface area contributed by atoms with Gasteiger partial charge in [-0.15, -0.1) is 0 Å². The predicted molar refractivity (Wildman–Crippen MR) is 167 cm³/mol. The third-order valence-corrected chi connectivity index (χ3v) is 11.7. The molecule has 0 amide bonds. The first-order chi connectivity index (χ1) is 17.5. The van der Waals surface area contributed by atoms with E-state index < -0.39 is 8.32 Å². The highest BCUT2D eigenvalue weighted by atomic mass is 28.4. The Morgan fingerprint density at radius 2 is 1.00 bits per heavy atom. The lowest BCUT2D eigenvalue weighted by molar-refractivity contribution is -0.0366. The lowest BCUT2D eigenvalue weighted by Crippen LogP contribution is -2.52. The summed E-state index contributed by atoms with van der Waals surface area (Å²) in [5, 5.41) is 0. The summed E-state index contributed by atoms with van der Waals surface area (Å²) in [7, 11) is -1.48. The van der Waals surface area contributed by atoms with Gasteiger partial charge in [0, 0.05) is 0 Å². The van der Waals surface area contributed by atoms with E-state index in [0.717, 1.165) is 5.92 Å². The van der Waals surface area contributed by atoms with E-state index in [-0.39, 0.29) is 5.60 Å². The Balaban J connectivity index is 2.27. The van der Waals surface area contributed by atoms with Gasteiger partial charge < -0.3 is 4.43 Å². The highest BCUT2D eigenvalue weighted by molar-refractivity contribution is 6.71. The van der Waals surface area contributed by atoms with Crippen molar-refractivity contribution in [3.8, 4) is 0 Å². The zero-order valence-corrected chi connectivity index (χ0v) is 27.1. The molecule has 1 saturated heterocycles. The normalized spacial score (nSPS) is 20.6. The smallest absolute Gasteiger partial charge is 0.187 e. The van der Waals surface area contributed by atoms with Crippen molar-refractivity contribution >= 4 is 8.32 Å². The summed E-state index contributed by atoms with van der Waals surface area (Å²) < 4.78 is 7.18. The zero-order valence-electron chi connectivity index (χ0n) is 26.1. The van der Waals surface area contributed by atoms with Crippen LogP contribution in [0.25, 0.3) is 0 Å². The molecule has 1 nitrogen and oxygen atoms in total. The zero-order chi connectivity index (χ0) is 26.4. The summed E-state index contributed by atoms with van der Waals surface area (Å²) >= 11 is 0. The van der Waals surface area contributed by atoms with E-state index in [1.807, 2.05) is 0 Å². The lowest BCUT2D eigenvalue weighted by atomic mass is 9.75. The second-order valence-electron chi connectivity index (χ2n) is 13.1. The largest absolute Gasteiger partial charge is 0.412 e. The molecule has 2 atom stereocenters. The fourth-order valence-electron chi connectivity index (χ4n) is 6.94. The predicted octanol–water partition coefficient (Wildman–Crippen LogP) is 12.8. The van der Waals surface area contributed by atoms with E-state index in [0.29, 0.717) is 0 Å². The van der Waals surface area contributed by atoms with Crippen LogP contribution in [0.1, 0.15) is 188 Å². The fraction of sp³-hybridized carbons (Fsp3) is 1.00. The van der Waals surface area contributed by atoms with Crippen LogP contribution in [0.4, 0.5) is 0 Å². The number of hydrogen-bond donors (Lipinski definition) is 0. The minimum Gasteiger partial charge on any atom is -0.412 e. The third kappa shape index (κ3) is 16.2. The van der Waals surface area contributed by atoms with Crippen LogP contribution in [0, 0.1) is 5.92 Å². The minimum atomic E-state index is -1.48. The number of hydrogen-bond acceptors (Lipinski definition) is 1. The summed E-state index contributed by atoms with van der Waals surface area (Å²) in [6, 6.07) is 1.38. The maximum absolute atomic E-state index is 7.18. The van der Waals surface area contributed by atoms with Crippen molar-refractivity contribution in [2.75, 3.05) is 0 Å². The molecule has 0 bridgehead atoms. The van der Waals surface area contributed by atoms with Crippen LogP contribution in [0.2, 0.25) is 19.1 Å². The highest BCUT2D eigenvalue weighted by Gasteiger charge is 2.45. The Morgan fingerprint density at radius 3 is 1.42 bits per heavy atom.